The van der Waals surface area contributed by atoms with Gasteiger partial charge in [0.1, 0.15) is 0 Å². The fourth-order valence-corrected chi connectivity index (χ4v) is 2.66. The van der Waals surface area contributed by atoms with Crippen LogP contribution in [0.3, 0.4) is 0 Å². The molecule has 0 spiro atoms. The minimum atomic E-state index is 0.303. The highest BCUT2D eigenvalue weighted by Crippen LogP contribution is 2.24. The van der Waals surface area contributed by atoms with Gasteiger partial charge in [-0.15, -0.1) is 0 Å². The zero-order valence-electron chi connectivity index (χ0n) is 10.9. The lowest BCUT2D eigenvalue weighted by Crippen LogP contribution is -2.48. The SMILES string of the molecule is CCC(CN)CC(=O)N1[C@H](C)CCC[C@@H]1C. The number of hydrogen-bond acceptors (Lipinski definition) is 2. The number of nitrogens with zero attached hydrogens (tertiary/aromatic N) is 1. The minimum Gasteiger partial charge on any atom is -0.337 e. The average Bonchev–Trinajstić information content (AvgIpc) is 2.25. The van der Waals surface area contributed by atoms with Crippen molar-refractivity contribution < 1.29 is 4.79 Å². The predicted octanol–water partition coefficient (Wildman–Crippen LogP) is 2.15. The van der Waals surface area contributed by atoms with Gasteiger partial charge in [-0.25, -0.2) is 0 Å². The molecule has 1 unspecified atom stereocenters. The standard InChI is InChI=1S/C13H26N2O/c1-4-12(9-14)8-13(16)15-10(2)6-5-7-11(15)3/h10-12H,4-9,14H2,1-3H3/t10-,11+,12?. The number of amides is 1. The van der Waals surface area contributed by atoms with Gasteiger partial charge < -0.3 is 10.6 Å². The maximum Gasteiger partial charge on any atom is 0.223 e. The van der Waals surface area contributed by atoms with E-state index in [1.165, 1.54) is 6.42 Å². The van der Waals surface area contributed by atoms with Crippen molar-refractivity contribution in [3.05, 3.63) is 0 Å². The van der Waals surface area contributed by atoms with Crippen LogP contribution in [-0.4, -0.2) is 29.4 Å². The van der Waals surface area contributed by atoms with Crippen LogP contribution in [-0.2, 0) is 4.79 Å². The monoisotopic (exact) mass is 226 g/mol. The second-order valence-corrected chi connectivity index (χ2v) is 5.14. The van der Waals surface area contributed by atoms with Crippen LogP contribution in [0.1, 0.15) is 52.9 Å². The third kappa shape index (κ3) is 3.21. The third-order valence-electron chi connectivity index (χ3n) is 3.86. The number of hydrogen-bond donors (Lipinski definition) is 1. The molecule has 0 aromatic carbocycles. The van der Waals surface area contributed by atoms with Crippen molar-refractivity contribution in [2.45, 2.75) is 65.0 Å². The summed E-state index contributed by atoms with van der Waals surface area (Å²) in [6.45, 7) is 7.06. The van der Waals surface area contributed by atoms with Crippen molar-refractivity contribution in [1.29, 1.82) is 0 Å². The van der Waals surface area contributed by atoms with Crippen LogP contribution in [0.4, 0.5) is 0 Å². The molecule has 0 aromatic rings. The molecule has 94 valence electrons. The second-order valence-electron chi connectivity index (χ2n) is 5.14. The molecule has 0 aromatic heterocycles. The number of carbonyl (C=O) groups is 1. The number of nitrogens with two attached hydrogens (primary N) is 1. The third-order valence-corrected chi connectivity index (χ3v) is 3.86. The van der Waals surface area contributed by atoms with Crippen molar-refractivity contribution in [1.82, 2.24) is 4.90 Å². The number of rotatable bonds is 4. The zero-order valence-corrected chi connectivity index (χ0v) is 10.9. The van der Waals surface area contributed by atoms with E-state index in [9.17, 15) is 4.79 Å². The van der Waals surface area contributed by atoms with Crippen LogP contribution in [0.25, 0.3) is 0 Å². The smallest absolute Gasteiger partial charge is 0.223 e. The van der Waals surface area contributed by atoms with E-state index in [4.69, 9.17) is 5.73 Å². The Morgan fingerprint density at radius 3 is 2.38 bits per heavy atom. The van der Waals surface area contributed by atoms with Gasteiger partial charge in [-0.3, -0.25) is 4.79 Å². The van der Waals surface area contributed by atoms with Crippen LogP contribution < -0.4 is 5.73 Å². The highest BCUT2D eigenvalue weighted by Gasteiger charge is 2.29. The topological polar surface area (TPSA) is 46.3 Å². The molecule has 1 saturated heterocycles. The Labute approximate surface area is 99.4 Å². The van der Waals surface area contributed by atoms with E-state index in [-0.39, 0.29) is 0 Å². The molecule has 3 nitrogen and oxygen atoms in total. The molecule has 0 bridgehead atoms. The molecular formula is C13H26N2O. The maximum atomic E-state index is 12.2. The first-order chi connectivity index (χ1) is 7.60. The average molecular weight is 226 g/mol. The molecule has 3 heteroatoms. The lowest BCUT2D eigenvalue weighted by Gasteiger charge is -2.39. The Bertz CT molecular complexity index is 216. The Kier molecular flexibility index (Phi) is 5.26. The summed E-state index contributed by atoms with van der Waals surface area (Å²) in [6, 6.07) is 0.818. The summed E-state index contributed by atoms with van der Waals surface area (Å²) in [5, 5.41) is 0. The van der Waals surface area contributed by atoms with Gasteiger partial charge >= 0.3 is 0 Å². The summed E-state index contributed by atoms with van der Waals surface area (Å²) in [5.41, 5.74) is 5.66. The van der Waals surface area contributed by atoms with Gasteiger partial charge in [-0.05, 0) is 45.6 Å². The Morgan fingerprint density at radius 2 is 1.94 bits per heavy atom. The van der Waals surface area contributed by atoms with Gasteiger partial charge in [0.15, 0.2) is 0 Å². The van der Waals surface area contributed by atoms with E-state index < -0.39 is 0 Å². The Morgan fingerprint density at radius 1 is 1.38 bits per heavy atom. The van der Waals surface area contributed by atoms with Gasteiger partial charge in [0.2, 0.25) is 5.91 Å². The first kappa shape index (κ1) is 13.5. The Hall–Kier alpha value is -0.570. The number of piperidine rings is 1. The highest BCUT2D eigenvalue weighted by molar-refractivity contribution is 5.77. The fraction of sp³-hybridized carbons (Fsp3) is 0.923. The van der Waals surface area contributed by atoms with Crippen LogP contribution >= 0.6 is 0 Å². The molecule has 1 amide bonds. The first-order valence-electron chi connectivity index (χ1n) is 6.61. The van der Waals surface area contributed by atoms with Crippen LogP contribution in [0.2, 0.25) is 0 Å². The summed E-state index contributed by atoms with van der Waals surface area (Å²) in [6.07, 6.45) is 5.17. The van der Waals surface area contributed by atoms with Gasteiger partial charge in [0.05, 0.1) is 0 Å². The molecule has 1 aliphatic heterocycles. The summed E-state index contributed by atoms with van der Waals surface area (Å²) in [7, 11) is 0. The predicted molar refractivity (Wildman–Crippen MR) is 67.1 cm³/mol. The van der Waals surface area contributed by atoms with Gasteiger partial charge in [0, 0.05) is 18.5 Å². The molecule has 1 heterocycles. The summed E-state index contributed by atoms with van der Waals surface area (Å²) in [5.74, 6) is 0.658. The molecule has 2 N–H and O–H groups in total. The number of carbonyl (C=O) groups excluding carboxylic acids is 1. The molecule has 0 radical (unpaired) electrons. The second kappa shape index (κ2) is 6.24. The molecule has 16 heavy (non-hydrogen) atoms. The maximum absolute atomic E-state index is 12.2. The van der Waals surface area contributed by atoms with Gasteiger partial charge in [-0.2, -0.15) is 0 Å². The molecular weight excluding hydrogens is 200 g/mol. The van der Waals surface area contributed by atoms with Crippen LogP contribution in [0.5, 0.6) is 0 Å². The summed E-state index contributed by atoms with van der Waals surface area (Å²) >= 11 is 0. The lowest BCUT2D eigenvalue weighted by molar-refractivity contribution is -0.138. The number of likely N-dealkylation sites (tertiary alicyclic amines) is 1. The van der Waals surface area contributed by atoms with Crippen LogP contribution in [0.15, 0.2) is 0 Å². The summed E-state index contributed by atoms with van der Waals surface area (Å²) in [4.78, 5) is 14.3. The highest BCUT2D eigenvalue weighted by atomic mass is 16.2. The quantitative estimate of drug-likeness (QED) is 0.798. The van der Waals surface area contributed by atoms with Gasteiger partial charge in [0.25, 0.3) is 0 Å². The van der Waals surface area contributed by atoms with Crippen molar-refractivity contribution in [3.63, 3.8) is 0 Å². The van der Waals surface area contributed by atoms with Gasteiger partial charge in [-0.1, -0.05) is 13.3 Å². The largest absolute Gasteiger partial charge is 0.337 e. The van der Waals surface area contributed by atoms with Crippen molar-refractivity contribution >= 4 is 5.91 Å². The van der Waals surface area contributed by atoms with E-state index in [1.54, 1.807) is 0 Å². The lowest BCUT2D eigenvalue weighted by atomic mass is 9.95. The normalized spacial score (nSPS) is 27.9. The van der Waals surface area contributed by atoms with E-state index in [1.807, 2.05) is 0 Å². The molecule has 3 atom stereocenters. The first-order valence-corrected chi connectivity index (χ1v) is 6.61. The molecule has 1 fully saturated rings. The zero-order chi connectivity index (χ0) is 12.1. The molecule has 1 aliphatic rings. The minimum absolute atomic E-state index is 0.303. The molecule has 0 saturated carbocycles. The van der Waals surface area contributed by atoms with E-state index >= 15 is 0 Å². The molecule has 1 rings (SSSR count). The molecule has 0 aliphatic carbocycles. The van der Waals surface area contributed by atoms with Crippen molar-refractivity contribution in [2.24, 2.45) is 11.7 Å². The Balaban J connectivity index is 2.56. The van der Waals surface area contributed by atoms with Crippen molar-refractivity contribution in [3.8, 4) is 0 Å². The summed E-state index contributed by atoms with van der Waals surface area (Å²) < 4.78 is 0. The van der Waals surface area contributed by atoms with E-state index in [2.05, 4.69) is 25.7 Å². The van der Waals surface area contributed by atoms with E-state index in [0.717, 1.165) is 19.3 Å². The fourth-order valence-electron chi connectivity index (χ4n) is 2.66. The van der Waals surface area contributed by atoms with Crippen molar-refractivity contribution in [2.75, 3.05) is 6.54 Å². The van der Waals surface area contributed by atoms with Crippen LogP contribution in [0, 0.1) is 5.92 Å². The van der Waals surface area contributed by atoms with E-state index in [0.29, 0.717) is 36.9 Å².